The van der Waals surface area contributed by atoms with Crippen molar-refractivity contribution < 1.29 is 24.3 Å². The summed E-state index contributed by atoms with van der Waals surface area (Å²) in [5.41, 5.74) is 0. The lowest BCUT2D eigenvalue weighted by atomic mass is 9.91. The van der Waals surface area contributed by atoms with Gasteiger partial charge in [-0.15, -0.1) is 0 Å². The predicted octanol–water partition coefficient (Wildman–Crippen LogP) is -0.362. The van der Waals surface area contributed by atoms with Crippen molar-refractivity contribution in [1.29, 1.82) is 0 Å². The smallest absolute Gasteiger partial charge is 0.326 e. The van der Waals surface area contributed by atoms with E-state index in [1.54, 1.807) is 6.92 Å². The molecule has 0 aromatic carbocycles. The molecule has 8 nitrogen and oxygen atoms in total. The summed E-state index contributed by atoms with van der Waals surface area (Å²) in [7, 11) is 0. The van der Waals surface area contributed by atoms with Crippen LogP contribution in [0.3, 0.4) is 0 Å². The van der Waals surface area contributed by atoms with Crippen molar-refractivity contribution in [2.45, 2.75) is 38.8 Å². The molecule has 8 heteroatoms. The summed E-state index contributed by atoms with van der Waals surface area (Å²) in [4.78, 5) is 49.4. The number of piperazine rings is 1. The fourth-order valence-electron chi connectivity index (χ4n) is 2.89. The molecule has 2 aliphatic heterocycles. The highest BCUT2D eigenvalue weighted by atomic mass is 16.4. The first-order valence-electron chi connectivity index (χ1n) is 6.96. The second-order valence-corrected chi connectivity index (χ2v) is 5.59. The van der Waals surface area contributed by atoms with Crippen LogP contribution in [0, 0.1) is 5.92 Å². The second kappa shape index (κ2) is 5.71. The van der Waals surface area contributed by atoms with Crippen LogP contribution in [-0.2, 0) is 14.4 Å². The van der Waals surface area contributed by atoms with Gasteiger partial charge < -0.3 is 14.9 Å². The molecule has 0 saturated carbocycles. The van der Waals surface area contributed by atoms with Gasteiger partial charge in [-0.25, -0.2) is 9.59 Å². The van der Waals surface area contributed by atoms with Crippen molar-refractivity contribution in [2.75, 3.05) is 13.1 Å². The molecule has 0 spiro atoms. The third-order valence-electron chi connectivity index (χ3n) is 4.10. The maximum absolute atomic E-state index is 12.6. The van der Waals surface area contributed by atoms with E-state index < -0.39 is 35.9 Å². The van der Waals surface area contributed by atoms with E-state index in [1.165, 1.54) is 11.8 Å². The fourth-order valence-corrected chi connectivity index (χ4v) is 2.89. The van der Waals surface area contributed by atoms with Crippen molar-refractivity contribution >= 4 is 23.8 Å². The van der Waals surface area contributed by atoms with Crippen LogP contribution < -0.4 is 5.32 Å². The number of hydrogen-bond donors (Lipinski definition) is 2. The van der Waals surface area contributed by atoms with E-state index in [0.717, 1.165) is 11.3 Å². The van der Waals surface area contributed by atoms with Crippen molar-refractivity contribution in [3.63, 3.8) is 0 Å². The lowest BCUT2D eigenvalue weighted by Gasteiger charge is -2.42. The predicted molar refractivity (Wildman–Crippen MR) is 71.2 cm³/mol. The summed E-state index contributed by atoms with van der Waals surface area (Å²) in [6, 6.07) is -2.27. The van der Waals surface area contributed by atoms with Gasteiger partial charge >= 0.3 is 12.0 Å². The summed E-state index contributed by atoms with van der Waals surface area (Å²) in [5.74, 6) is -2.32. The van der Waals surface area contributed by atoms with Crippen LogP contribution in [0.5, 0.6) is 0 Å². The van der Waals surface area contributed by atoms with E-state index in [1.807, 2.05) is 0 Å². The summed E-state index contributed by atoms with van der Waals surface area (Å²) in [6.07, 6.45) is 1.44. The molecule has 3 unspecified atom stereocenters. The number of imide groups is 1. The number of carboxylic acid groups (broad SMARTS) is 1. The first-order chi connectivity index (χ1) is 9.82. The van der Waals surface area contributed by atoms with E-state index in [-0.39, 0.29) is 12.5 Å². The molecule has 0 bridgehead atoms. The maximum atomic E-state index is 12.6. The van der Waals surface area contributed by atoms with Gasteiger partial charge in [0.05, 0.1) is 0 Å². The molecule has 2 N–H and O–H groups in total. The minimum atomic E-state index is -1.06. The number of urea groups is 1. The third-order valence-corrected chi connectivity index (χ3v) is 4.10. The molecule has 21 heavy (non-hydrogen) atoms. The van der Waals surface area contributed by atoms with Gasteiger partial charge in [0.1, 0.15) is 18.6 Å². The first kappa shape index (κ1) is 15.3. The quantitative estimate of drug-likeness (QED) is 0.643. The average molecular weight is 297 g/mol. The van der Waals surface area contributed by atoms with Gasteiger partial charge in [0.2, 0.25) is 11.8 Å². The number of carboxylic acids is 1. The summed E-state index contributed by atoms with van der Waals surface area (Å²) < 4.78 is 0. The molecule has 2 heterocycles. The first-order valence-corrected chi connectivity index (χ1v) is 6.96. The Morgan fingerprint density at radius 2 is 1.90 bits per heavy atom. The zero-order valence-electron chi connectivity index (χ0n) is 12.0. The number of nitrogens with zero attached hydrogens (tertiary/aromatic N) is 2. The summed E-state index contributed by atoms with van der Waals surface area (Å²) in [6.45, 7) is 3.39. The Balaban J connectivity index is 2.22. The van der Waals surface area contributed by atoms with E-state index >= 15 is 0 Å². The van der Waals surface area contributed by atoms with Crippen LogP contribution >= 0.6 is 0 Å². The van der Waals surface area contributed by atoms with Crippen LogP contribution in [0.4, 0.5) is 4.79 Å². The van der Waals surface area contributed by atoms with Crippen LogP contribution in [0.15, 0.2) is 0 Å². The number of rotatable bonds is 1. The molecule has 116 valence electrons. The molecule has 0 aromatic heterocycles. The minimum absolute atomic E-state index is 0.162. The van der Waals surface area contributed by atoms with Crippen LogP contribution in [0.25, 0.3) is 0 Å². The number of likely N-dealkylation sites (tertiary alicyclic amines) is 1. The maximum Gasteiger partial charge on any atom is 0.326 e. The molecular formula is C13H19N3O5. The van der Waals surface area contributed by atoms with Crippen LogP contribution in [0.2, 0.25) is 0 Å². The van der Waals surface area contributed by atoms with Gasteiger partial charge in [0.25, 0.3) is 0 Å². The third kappa shape index (κ3) is 2.84. The Bertz CT molecular complexity index is 492. The molecule has 3 atom stereocenters. The molecule has 0 radical (unpaired) electrons. The van der Waals surface area contributed by atoms with Gasteiger partial charge in [-0.3, -0.25) is 14.9 Å². The highest BCUT2D eigenvalue weighted by Crippen LogP contribution is 2.25. The Hall–Kier alpha value is -2.12. The Kier molecular flexibility index (Phi) is 4.15. The molecule has 2 fully saturated rings. The number of aliphatic carboxylic acids is 1. The molecule has 2 saturated heterocycles. The Labute approximate surface area is 122 Å². The number of amides is 4. The number of nitrogens with one attached hydrogen (secondary N) is 1. The van der Waals surface area contributed by atoms with Crippen molar-refractivity contribution in [3.05, 3.63) is 0 Å². The molecule has 2 rings (SSSR count). The van der Waals surface area contributed by atoms with Gasteiger partial charge in [0, 0.05) is 6.54 Å². The normalized spacial score (nSPS) is 30.1. The minimum Gasteiger partial charge on any atom is -0.480 e. The molecule has 0 aromatic rings. The zero-order chi connectivity index (χ0) is 15.7. The zero-order valence-corrected chi connectivity index (χ0v) is 12.0. The van der Waals surface area contributed by atoms with Gasteiger partial charge in [-0.2, -0.15) is 0 Å². The van der Waals surface area contributed by atoms with Gasteiger partial charge in [-0.1, -0.05) is 6.92 Å². The molecular weight excluding hydrogens is 278 g/mol. The largest absolute Gasteiger partial charge is 0.480 e. The average Bonchev–Trinajstić information content (AvgIpc) is 2.41. The van der Waals surface area contributed by atoms with Gasteiger partial charge in [-0.05, 0) is 25.7 Å². The molecule has 0 aliphatic carbocycles. The van der Waals surface area contributed by atoms with Crippen LogP contribution in [-0.4, -0.2) is 63.9 Å². The van der Waals surface area contributed by atoms with E-state index in [9.17, 15) is 24.3 Å². The monoisotopic (exact) mass is 297 g/mol. The lowest BCUT2D eigenvalue weighted by Crippen LogP contribution is -2.64. The van der Waals surface area contributed by atoms with Gasteiger partial charge in [0.15, 0.2) is 0 Å². The van der Waals surface area contributed by atoms with E-state index in [2.05, 4.69) is 5.32 Å². The SMILES string of the molecule is CC1CCCN(C(=O)N2CC(=O)NC(=O)C2C)C1C(=O)O. The Morgan fingerprint density at radius 1 is 1.24 bits per heavy atom. The van der Waals surface area contributed by atoms with Crippen LogP contribution in [0.1, 0.15) is 26.7 Å². The second-order valence-electron chi connectivity index (χ2n) is 5.59. The topological polar surface area (TPSA) is 107 Å². The number of piperidine rings is 1. The molecule has 4 amide bonds. The van der Waals surface area contributed by atoms with E-state index in [0.29, 0.717) is 13.0 Å². The highest BCUT2D eigenvalue weighted by molar-refractivity contribution is 6.04. The fraction of sp³-hybridized carbons (Fsp3) is 0.692. The number of carbonyl (C=O) groups is 4. The summed E-state index contributed by atoms with van der Waals surface area (Å²) >= 11 is 0. The Morgan fingerprint density at radius 3 is 2.52 bits per heavy atom. The lowest BCUT2D eigenvalue weighted by molar-refractivity contribution is -0.145. The highest BCUT2D eigenvalue weighted by Gasteiger charge is 2.42. The van der Waals surface area contributed by atoms with Crippen molar-refractivity contribution in [3.8, 4) is 0 Å². The number of carbonyl (C=O) groups excluding carboxylic acids is 3. The van der Waals surface area contributed by atoms with Crippen molar-refractivity contribution in [1.82, 2.24) is 15.1 Å². The number of hydrogen-bond acceptors (Lipinski definition) is 4. The summed E-state index contributed by atoms with van der Waals surface area (Å²) in [5, 5.41) is 11.5. The van der Waals surface area contributed by atoms with E-state index in [4.69, 9.17) is 0 Å². The van der Waals surface area contributed by atoms with Crippen molar-refractivity contribution in [2.24, 2.45) is 5.92 Å². The molecule has 2 aliphatic rings. The standard InChI is InChI=1S/C13H19N3O5/c1-7-4-3-5-15(10(7)12(19)20)13(21)16-6-9(17)14-11(18)8(16)2/h7-8,10H,3-6H2,1-2H3,(H,19,20)(H,14,17,18).